The van der Waals surface area contributed by atoms with Crippen molar-refractivity contribution in [1.82, 2.24) is 5.32 Å². The molecule has 1 aromatic rings. The molecule has 1 rings (SSSR count). The molecule has 2 amide bonds. The maximum absolute atomic E-state index is 11.4. The molecule has 0 saturated heterocycles. The highest BCUT2D eigenvalue weighted by molar-refractivity contribution is 5.89. The number of hydrogen-bond acceptors (Lipinski definition) is 2. The fourth-order valence-corrected chi connectivity index (χ4v) is 1.72. The van der Waals surface area contributed by atoms with Crippen molar-refractivity contribution in [2.45, 2.75) is 26.7 Å². The lowest BCUT2D eigenvalue weighted by molar-refractivity contribution is 0.245. The van der Waals surface area contributed by atoms with Gasteiger partial charge in [0, 0.05) is 12.2 Å². The number of urea groups is 1. The van der Waals surface area contributed by atoms with E-state index in [0.717, 1.165) is 18.5 Å². The van der Waals surface area contributed by atoms with Crippen LogP contribution >= 0.6 is 0 Å². The number of anilines is 1. The minimum absolute atomic E-state index is 0.0532. The van der Waals surface area contributed by atoms with Gasteiger partial charge in [0.1, 0.15) is 0 Å². The molecule has 1 aromatic carbocycles. The molecule has 0 spiro atoms. The Balaban J connectivity index is 2.68. The number of hydrogen-bond donors (Lipinski definition) is 3. The van der Waals surface area contributed by atoms with Crippen LogP contribution in [0, 0.1) is 0 Å². The zero-order valence-corrected chi connectivity index (χ0v) is 10.4. The van der Waals surface area contributed by atoms with Crippen molar-refractivity contribution in [3.63, 3.8) is 0 Å². The fraction of sp³-hybridized carbons (Fsp3) is 0.462. The first-order valence-corrected chi connectivity index (χ1v) is 5.98. The van der Waals surface area contributed by atoms with Gasteiger partial charge in [-0.25, -0.2) is 4.79 Å². The van der Waals surface area contributed by atoms with E-state index in [1.807, 2.05) is 18.2 Å². The van der Waals surface area contributed by atoms with Crippen molar-refractivity contribution in [2.75, 3.05) is 18.5 Å². The summed E-state index contributed by atoms with van der Waals surface area (Å²) in [6, 6.07) is 5.65. The molecular formula is C13H20N2O2. The third-order valence-corrected chi connectivity index (χ3v) is 2.62. The van der Waals surface area contributed by atoms with Gasteiger partial charge in [-0.3, -0.25) is 0 Å². The highest BCUT2D eigenvalue weighted by Crippen LogP contribution is 2.17. The van der Waals surface area contributed by atoms with Gasteiger partial charge in [0.25, 0.3) is 0 Å². The topological polar surface area (TPSA) is 61.4 Å². The van der Waals surface area contributed by atoms with Crippen molar-refractivity contribution in [2.24, 2.45) is 0 Å². The van der Waals surface area contributed by atoms with Crippen LogP contribution in [0.2, 0.25) is 0 Å². The van der Waals surface area contributed by atoms with E-state index in [1.54, 1.807) is 0 Å². The molecule has 0 atom stereocenters. The Morgan fingerprint density at radius 3 is 2.53 bits per heavy atom. The second kappa shape index (κ2) is 6.91. The third kappa shape index (κ3) is 4.07. The number of amides is 2. The molecule has 0 unspecified atom stereocenters. The molecule has 17 heavy (non-hydrogen) atoms. The summed E-state index contributed by atoms with van der Waals surface area (Å²) < 4.78 is 0. The van der Waals surface area contributed by atoms with Crippen molar-refractivity contribution in [1.29, 1.82) is 0 Å². The number of aliphatic hydroxyl groups excluding tert-OH is 1. The Bertz CT molecular complexity index is 378. The number of benzene rings is 1. The molecular weight excluding hydrogens is 216 g/mol. The van der Waals surface area contributed by atoms with Crippen LogP contribution in [0.25, 0.3) is 0 Å². The van der Waals surface area contributed by atoms with Crippen LogP contribution in [0.4, 0.5) is 10.5 Å². The smallest absolute Gasteiger partial charge is 0.319 e. The molecule has 4 nitrogen and oxygen atoms in total. The molecule has 0 heterocycles. The van der Waals surface area contributed by atoms with E-state index < -0.39 is 0 Å². The predicted molar refractivity (Wildman–Crippen MR) is 69.3 cm³/mol. The molecule has 0 aromatic heterocycles. The lowest BCUT2D eigenvalue weighted by Crippen LogP contribution is -2.31. The van der Waals surface area contributed by atoms with Crippen LogP contribution in [-0.2, 0) is 12.8 Å². The zero-order valence-electron chi connectivity index (χ0n) is 10.4. The van der Waals surface area contributed by atoms with Gasteiger partial charge in [-0.1, -0.05) is 19.9 Å². The Morgan fingerprint density at radius 1 is 1.24 bits per heavy atom. The lowest BCUT2D eigenvalue weighted by Gasteiger charge is -2.10. The van der Waals surface area contributed by atoms with Crippen LogP contribution < -0.4 is 10.6 Å². The second-order valence-electron chi connectivity index (χ2n) is 3.80. The average molecular weight is 236 g/mol. The monoisotopic (exact) mass is 236 g/mol. The van der Waals surface area contributed by atoms with Gasteiger partial charge in [0.2, 0.25) is 0 Å². The Labute approximate surface area is 102 Å². The van der Waals surface area contributed by atoms with E-state index in [0.29, 0.717) is 0 Å². The van der Waals surface area contributed by atoms with Gasteiger partial charge in [0.15, 0.2) is 0 Å². The molecule has 0 fully saturated rings. The van der Waals surface area contributed by atoms with Crippen LogP contribution in [0.5, 0.6) is 0 Å². The summed E-state index contributed by atoms with van der Waals surface area (Å²) in [5.74, 6) is 0. The van der Waals surface area contributed by atoms with Gasteiger partial charge in [0.05, 0.1) is 6.61 Å². The standard InChI is InChI=1S/C13H20N2O2/c1-3-10-5-6-12(9-11(10)4-2)15-13(17)14-7-8-16/h5-6,9,16H,3-4,7-8H2,1-2H3,(H2,14,15,17). The largest absolute Gasteiger partial charge is 0.395 e. The molecule has 0 aliphatic carbocycles. The van der Waals surface area contributed by atoms with E-state index in [4.69, 9.17) is 5.11 Å². The first-order valence-electron chi connectivity index (χ1n) is 5.98. The first kappa shape index (κ1) is 13.5. The van der Waals surface area contributed by atoms with Gasteiger partial charge < -0.3 is 15.7 Å². The summed E-state index contributed by atoms with van der Waals surface area (Å²) in [4.78, 5) is 11.4. The highest BCUT2D eigenvalue weighted by Gasteiger charge is 2.04. The van der Waals surface area contributed by atoms with E-state index in [1.165, 1.54) is 11.1 Å². The van der Waals surface area contributed by atoms with Crippen molar-refractivity contribution < 1.29 is 9.90 Å². The minimum Gasteiger partial charge on any atom is -0.395 e. The zero-order chi connectivity index (χ0) is 12.7. The maximum atomic E-state index is 11.4. The summed E-state index contributed by atoms with van der Waals surface area (Å²) in [6.45, 7) is 4.43. The maximum Gasteiger partial charge on any atom is 0.319 e. The summed E-state index contributed by atoms with van der Waals surface area (Å²) >= 11 is 0. The molecule has 0 bridgehead atoms. The Hall–Kier alpha value is -1.55. The highest BCUT2D eigenvalue weighted by atomic mass is 16.3. The molecule has 0 saturated carbocycles. The van der Waals surface area contributed by atoms with E-state index in [9.17, 15) is 4.79 Å². The molecule has 0 radical (unpaired) electrons. The SMILES string of the molecule is CCc1ccc(NC(=O)NCCO)cc1CC. The molecule has 0 aliphatic rings. The summed E-state index contributed by atoms with van der Waals surface area (Å²) in [5, 5.41) is 13.9. The number of rotatable bonds is 5. The van der Waals surface area contributed by atoms with E-state index in [-0.39, 0.29) is 19.2 Å². The van der Waals surface area contributed by atoms with Gasteiger partial charge in [-0.05, 0) is 36.1 Å². The van der Waals surface area contributed by atoms with E-state index in [2.05, 4.69) is 24.5 Å². The Kier molecular flexibility index (Phi) is 5.49. The van der Waals surface area contributed by atoms with E-state index >= 15 is 0 Å². The Morgan fingerprint density at radius 2 is 1.94 bits per heavy atom. The van der Waals surface area contributed by atoms with Crippen molar-refractivity contribution in [3.8, 4) is 0 Å². The van der Waals surface area contributed by atoms with Gasteiger partial charge in [-0.15, -0.1) is 0 Å². The third-order valence-electron chi connectivity index (χ3n) is 2.62. The second-order valence-corrected chi connectivity index (χ2v) is 3.80. The number of carbonyl (C=O) groups excluding carboxylic acids is 1. The number of carbonyl (C=O) groups is 1. The number of aryl methyl sites for hydroxylation is 2. The molecule has 94 valence electrons. The summed E-state index contributed by atoms with van der Waals surface area (Å²) in [7, 11) is 0. The lowest BCUT2D eigenvalue weighted by atomic mass is 10.0. The normalized spacial score (nSPS) is 10.1. The van der Waals surface area contributed by atoms with Crippen molar-refractivity contribution in [3.05, 3.63) is 29.3 Å². The molecule has 3 N–H and O–H groups in total. The predicted octanol–water partition coefficient (Wildman–Crippen LogP) is 1.93. The average Bonchev–Trinajstić information content (AvgIpc) is 2.36. The quantitative estimate of drug-likeness (QED) is 0.731. The van der Waals surface area contributed by atoms with Gasteiger partial charge >= 0.3 is 6.03 Å². The number of aliphatic hydroxyl groups is 1. The molecule has 0 aliphatic heterocycles. The summed E-state index contributed by atoms with van der Waals surface area (Å²) in [5.41, 5.74) is 3.36. The molecule has 4 heteroatoms. The van der Waals surface area contributed by atoms with Crippen LogP contribution in [0.3, 0.4) is 0 Å². The minimum atomic E-state index is -0.287. The van der Waals surface area contributed by atoms with Crippen molar-refractivity contribution >= 4 is 11.7 Å². The van der Waals surface area contributed by atoms with Crippen LogP contribution in [-0.4, -0.2) is 24.3 Å². The first-order chi connectivity index (χ1) is 8.21. The summed E-state index contributed by atoms with van der Waals surface area (Å²) in [6.07, 6.45) is 1.96. The fourth-order valence-electron chi connectivity index (χ4n) is 1.72. The van der Waals surface area contributed by atoms with Gasteiger partial charge in [-0.2, -0.15) is 0 Å². The van der Waals surface area contributed by atoms with Crippen LogP contribution in [0.1, 0.15) is 25.0 Å². The van der Waals surface area contributed by atoms with Crippen LogP contribution in [0.15, 0.2) is 18.2 Å². The number of nitrogens with one attached hydrogen (secondary N) is 2.